The molecular formula is C25H28N4O2S. The summed E-state index contributed by atoms with van der Waals surface area (Å²) in [4.78, 5) is 39.7. The third-order valence-corrected chi connectivity index (χ3v) is 7.37. The zero-order chi connectivity index (χ0) is 22.1. The number of piperidine rings is 1. The number of carbonyl (C=O) groups is 1. The van der Waals surface area contributed by atoms with Crippen molar-refractivity contribution in [2.24, 2.45) is 0 Å². The summed E-state index contributed by atoms with van der Waals surface area (Å²) in [5, 5.41) is 2.09. The number of carbonyl (C=O) groups excluding carboxylic acids is 1. The number of H-pyrrole nitrogens is 1. The Balaban J connectivity index is 1.42. The second-order valence-corrected chi connectivity index (χ2v) is 9.82. The number of aromatic amines is 1. The first kappa shape index (κ1) is 21.1. The lowest BCUT2D eigenvalue weighted by Gasteiger charge is -2.36. The lowest BCUT2D eigenvalue weighted by Crippen LogP contribution is -2.41. The predicted octanol–water partition coefficient (Wildman–Crippen LogP) is 4.07. The lowest BCUT2D eigenvalue weighted by molar-refractivity contribution is 0.0598. The number of aryl methyl sites for hydroxylation is 1. The number of aromatic nitrogens is 2. The van der Waals surface area contributed by atoms with Gasteiger partial charge in [0.05, 0.1) is 11.7 Å². The molecule has 2 aliphatic rings. The van der Waals surface area contributed by atoms with Crippen molar-refractivity contribution >= 4 is 17.2 Å². The Labute approximate surface area is 191 Å². The van der Waals surface area contributed by atoms with Crippen LogP contribution in [0.2, 0.25) is 0 Å². The van der Waals surface area contributed by atoms with Gasteiger partial charge >= 0.3 is 0 Å². The van der Waals surface area contributed by atoms with Gasteiger partial charge in [-0.3, -0.25) is 14.5 Å². The molecule has 7 heteroatoms. The molecule has 6 nitrogen and oxygen atoms in total. The van der Waals surface area contributed by atoms with Crippen LogP contribution in [0, 0.1) is 6.92 Å². The summed E-state index contributed by atoms with van der Waals surface area (Å²) in [5.74, 6) is 0.640. The van der Waals surface area contributed by atoms with Crippen LogP contribution in [0.3, 0.4) is 0 Å². The maximum atomic E-state index is 13.3. The largest absolute Gasteiger partial charge is 0.328 e. The minimum Gasteiger partial charge on any atom is -0.328 e. The molecule has 0 unspecified atom stereocenters. The Bertz CT molecular complexity index is 1150. The number of nitrogens with one attached hydrogen (secondary N) is 1. The maximum Gasteiger partial charge on any atom is 0.254 e. The monoisotopic (exact) mass is 448 g/mol. The zero-order valence-corrected chi connectivity index (χ0v) is 19.2. The van der Waals surface area contributed by atoms with Gasteiger partial charge in [-0.15, -0.1) is 11.3 Å². The van der Waals surface area contributed by atoms with Crippen LogP contribution in [0.25, 0.3) is 0 Å². The van der Waals surface area contributed by atoms with E-state index in [1.165, 1.54) is 4.88 Å². The first-order chi connectivity index (χ1) is 15.6. The van der Waals surface area contributed by atoms with Crippen LogP contribution in [0.1, 0.15) is 63.2 Å². The predicted molar refractivity (Wildman–Crippen MR) is 126 cm³/mol. The molecule has 1 saturated heterocycles. The van der Waals surface area contributed by atoms with E-state index in [0.717, 1.165) is 49.2 Å². The second-order valence-electron chi connectivity index (χ2n) is 8.79. The number of amides is 1. The third kappa shape index (κ3) is 4.27. The number of nitrogens with zero attached hydrogens (tertiary/aromatic N) is 3. The fourth-order valence-electron chi connectivity index (χ4n) is 4.75. The zero-order valence-electron chi connectivity index (χ0n) is 18.3. The third-order valence-electron chi connectivity index (χ3n) is 6.51. The summed E-state index contributed by atoms with van der Waals surface area (Å²) < 4.78 is 0. The molecule has 1 N–H and O–H groups in total. The van der Waals surface area contributed by atoms with Crippen molar-refractivity contribution in [3.05, 3.63) is 85.2 Å². The first-order valence-electron chi connectivity index (χ1n) is 11.3. The summed E-state index contributed by atoms with van der Waals surface area (Å²) >= 11 is 1.75. The van der Waals surface area contributed by atoms with Gasteiger partial charge in [-0.2, -0.15) is 0 Å². The molecule has 1 fully saturated rings. The molecule has 0 bridgehead atoms. The molecule has 166 valence electrons. The molecule has 5 rings (SSSR count). The topological polar surface area (TPSA) is 69.3 Å². The molecule has 0 saturated carbocycles. The van der Waals surface area contributed by atoms with E-state index in [9.17, 15) is 9.59 Å². The van der Waals surface area contributed by atoms with E-state index < -0.39 is 0 Å². The van der Waals surface area contributed by atoms with Gasteiger partial charge < -0.3 is 9.88 Å². The van der Waals surface area contributed by atoms with Gasteiger partial charge in [0.25, 0.3) is 11.5 Å². The standard InChI is InChI=1S/C25H28N4O2S/c1-17-7-9-18(10-8-17)25(31)29-12-3-2-6-22(29)23-26-21-16-28(15-19-5-4-14-32-19)13-11-20(21)24(30)27-23/h4-5,7-10,14,22H,2-3,6,11-13,15-16H2,1H3,(H,26,27,30)/t22-/m1/s1. The lowest BCUT2D eigenvalue weighted by atomic mass is 9.99. The molecule has 0 aliphatic carbocycles. The average molecular weight is 449 g/mol. The number of rotatable bonds is 4. The van der Waals surface area contributed by atoms with Gasteiger partial charge in [-0.1, -0.05) is 23.8 Å². The van der Waals surface area contributed by atoms with Crippen LogP contribution < -0.4 is 5.56 Å². The van der Waals surface area contributed by atoms with Gasteiger partial charge in [0.2, 0.25) is 0 Å². The number of likely N-dealkylation sites (tertiary alicyclic amines) is 1. The van der Waals surface area contributed by atoms with Crippen molar-refractivity contribution in [3.63, 3.8) is 0 Å². The number of fused-ring (bicyclic) bond motifs is 1. The molecule has 4 heterocycles. The molecule has 1 atom stereocenters. The first-order valence-corrected chi connectivity index (χ1v) is 12.2. The van der Waals surface area contributed by atoms with Crippen molar-refractivity contribution in [2.75, 3.05) is 13.1 Å². The number of hydrogen-bond acceptors (Lipinski definition) is 5. The normalized spacial score (nSPS) is 19.0. The highest BCUT2D eigenvalue weighted by Crippen LogP contribution is 2.31. The second kappa shape index (κ2) is 9.00. The van der Waals surface area contributed by atoms with Gasteiger partial charge in [0.1, 0.15) is 5.82 Å². The van der Waals surface area contributed by atoms with E-state index in [4.69, 9.17) is 4.98 Å². The highest BCUT2D eigenvalue weighted by molar-refractivity contribution is 7.09. The molecule has 1 aromatic carbocycles. The van der Waals surface area contributed by atoms with Crippen LogP contribution in [0.4, 0.5) is 0 Å². The van der Waals surface area contributed by atoms with Crippen LogP contribution in [-0.4, -0.2) is 38.8 Å². The highest BCUT2D eigenvalue weighted by Gasteiger charge is 2.32. The molecule has 2 aromatic heterocycles. The minimum absolute atomic E-state index is 0.00870. The Morgan fingerprint density at radius 3 is 2.81 bits per heavy atom. The van der Waals surface area contributed by atoms with E-state index in [-0.39, 0.29) is 17.5 Å². The van der Waals surface area contributed by atoms with Crippen molar-refractivity contribution in [2.45, 2.75) is 51.7 Å². The number of benzene rings is 1. The van der Waals surface area contributed by atoms with Crippen LogP contribution in [0.15, 0.2) is 46.6 Å². The Hall–Kier alpha value is -2.77. The van der Waals surface area contributed by atoms with Gasteiger partial charge in [-0.05, 0) is 56.2 Å². The van der Waals surface area contributed by atoms with E-state index >= 15 is 0 Å². The van der Waals surface area contributed by atoms with Crippen molar-refractivity contribution < 1.29 is 4.79 Å². The van der Waals surface area contributed by atoms with Crippen molar-refractivity contribution in [1.82, 2.24) is 19.8 Å². The van der Waals surface area contributed by atoms with E-state index in [1.54, 1.807) is 11.3 Å². The Kier molecular flexibility index (Phi) is 5.93. The molecule has 0 spiro atoms. The fraction of sp³-hybridized carbons (Fsp3) is 0.400. The summed E-state index contributed by atoms with van der Waals surface area (Å²) in [5.41, 5.74) is 3.42. The summed E-state index contributed by atoms with van der Waals surface area (Å²) in [6.45, 7) is 5.10. The van der Waals surface area contributed by atoms with E-state index in [2.05, 4.69) is 27.4 Å². The quantitative estimate of drug-likeness (QED) is 0.653. The van der Waals surface area contributed by atoms with Crippen LogP contribution in [-0.2, 0) is 19.5 Å². The molecule has 3 aromatic rings. The molecular weight excluding hydrogens is 420 g/mol. The van der Waals surface area contributed by atoms with E-state index in [1.807, 2.05) is 36.1 Å². The Morgan fingerprint density at radius 2 is 2.03 bits per heavy atom. The van der Waals surface area contributed by atoms with Crippen LogP contribution in [0.5, 0.6) is 0 Å². The SMILES string of the molecule is Cc1ccc(C(=O)N2CCCC[C@@H]2c2nc3c(c(=O)[nH]2)CCN(Cc2cccs2)C3)cc1. The highest BCUT2D eigenvalue weighted by atomic mass is 32.1. The number of thiophene rings is 1. The average Bonchev–Trinajstić information content (AvgIpc) is 3.32. The summed E-state index contributed by atoms with van der Waals surface area (Å²) in [6.07, 6.45) is 3.52. The van der Waals surface area contributed by atoms with Gasteiger partial charge in [0, 0.05) is 42.2 Å². The summed E-state index contributed by atoms with van der Waals surface area (Å²) in [6, 6.07) is 11.7. The molecule has 0 radical (unpaired) electrons. The van der Waals surface area contributed by atoms with Gasteiger partial charge in [-0.25, -0.2) is 4.98 Å². The van der Waals surface area contributed by atoms with E-state index in [0.29, 0.717) is 30.9 Å². The Morgan fingerprint density at radius 1 is 1.19 bits per heavy atom. The maximum absolute atomic E-state index is 13.3. The molecule has 32 heavy (non-hydrogen) atoms. The van der Waals surface area contributed by atoms with Crippen molar-refractivity contribution in [3.8, 4) is 0 Å². The molecule has 1 amide bonds. The minimum atomic E-state index is -0.191. The van der Waals surface area contributed by atoms with Gasteiger partial charge in [0.15, 0.2) is 0 Å². The summed E-state index contributed by atoms with van der Waals surface area (Å²) in [7, 11) is 0. The number of hydrogen-bond donors (Lipinski definition) is 1. The van der Waals surface area contributed by atoms with Crippen LogP contribution >= 0.6 is 11.3 Å². The fourth-order valence-corrected chi connectivity index (χ4v) is 5.50. The van der Waals surface area contributed by atoms with Crippen molar-refractivity contribution in [1.29, 1.82) is 0 Å². The smallest absolute Gasteiger partial charge is 0.254 e. The molecule has 2 aliphatic heterocycles.